The van der Waals surface area contributed by atoms with Gasteiger partial charge in [0.2, 0.25) is 0 Å². The van der Waals surface area contributed by atoms with E-state index in [1.165, 1.54) is 0 Å². The molecule has 2 N–H and O–H groups in total. The van der Waals surface area contributed by atoms with Crippen LogP contribution in [0.5, 0.6) is 0 Å². The summed E-state index contributed by atoms with van der Waals surface area (Å²) >= 11 is 0. The van der Waals surface area contributed by atoms with Crippen LogP contribution < -0.4 is 5.32 Å². The third kappa shape index (κ3) is 3.03. The van der Waals surface area contributed by atoms with Crippen LogP contribution in [0.25, 0.3) is 5.69 Å². The number of alkyl halides is 2. The van der Waals surface area contributed by atoms with Crippen molar-refractivity contribution in [1.29, 1.82) is 0 Å². The van der Waals surface area contributed by atoms with Gasteiger partial charge >= 0.3 is 0 Å². The molecule has 0 fully saturated rings. The SMILES string of the molecule is Cc1ncn(-c2ccc(NC(=O)c3cc(C(F)F)[nH]n3)cc2)c1C. The minimum Gasteiger partial charge on any atom is -0.321 e. The second-order valence-electron chi connectivity index (χ2n) is 5.30. The van der Waals surface area contributed by atoms with Gasteiger partial charge in [0.05, 0.1) is 12.0 Å². The summed E-state index contributed by atoms with van der Waals surface area (Å²) in [5, 5.41) is 8.34. The molecule has 0 unspecified atom stereocenters. The number of imidazole rings is 1. The van der Waals surface area contributed by atoms with Gasteiger partial charge in [-0.05, 0) is 44.2 Å². The highest BCUT2D eigenvalue weighted by molar-refractivity contribution is 6.02. The minimum absolute atomic E-state index is 0.0875. The Morgan fingerprint density at radius 3 is 2.50 bits per heavy atom. The Morgan fingerprint density at radius 1 is 1.25 bits per heavy atom. The number of nitrogens with zero attached hydrogens (tertiary/aromatic N) is 3. The van der Waals surface area contributed by atoms with Crippen LogP contribution in [0.15, 0.2) is 36.7 Å². The lowest BCUT2D eigenvalue weighted by Crippen LogP contribution is -2.12. The summed E-state index contributed by atoms with van der Waals surface area (Å²) in [6.45, 7) is 3.90. The molecule has 0 saturated carbocycles. The van der Waals surface area contributed by atoms with E-state index in [2.05, 4.69) is 20.5 Å². The maximum absolute atomic E-state index is 12.5. The number of benzene rings is 1. The minimum atomic E-state index is -2.69. The van der Waals surface area contributed by atoms with Crippen LogP contribution in [-0.2, 0) is 0 Å². The number of hydrogen-bond acceptors (Lipinski definition) is 3. The van der Waals surface area contributed by atoms with Crippen LogP contribution in [-0.4, -0.2) is 25.7 Å². The molecule has 124 valence electrons. The molecular formula is C16H15F2N5O. The average molecular weight is 331 g/mol. The lowest BCUT2D eigenvalue weighted by molar-refractivity contribution is 0.102. The molecule has 0 atom stereocenters. The molecule has 3 rings (SSSR count). The quantitative estimate of drug-likeness (QED) is 0.769. The number of amides is 1. The Labute approximate surface area is 136 Å². The summed E-state index contributed by atoms with van der Waals surface area (Å²) in [6.07, 6.45) is -0.964. The van der Waals surface area contributed by atoms with Gasteiger partial charge < -0.3 is 9.88 Å². The van der Waals surface area contributed by atoms with Crippen LogP contribution >= 0.6 is 0 Å². The van der Waals surface area contributed by atoms with E-state index in [9.17, 15) is 13.6 Å². The number of hydrogen-bond donors (Lipinski definition) is 2. The molecule has 2 aromatic heterocycles. The molecular weight excluding hydrogens is 316 g/mol. The summed E-state index contributed by atoms with van der Waals surface area (Å²) in [7, 11) is 0. The molecule has 0 aliphatic carbocycles. The number of anilines is 1. The molecule has 1 amide bonds. The number of aromatic nitrogens is 4. The average Bonchev–Trinajstić information content (AvgIpc) is 3.17. The maximum Gasteiger partial charge on any atom is 0.279 e. The predicted molar refractivity (Wildman–Crippen MR) is 84.5 cm³/mol. The van der Waals surface area contributed by atoms with Crippen molar-refractivity contribution in [2.45, 2.75) is 20.3 Å². The number of carbonyl (C=O) groups excluding carboxylic acids is 1. The van der Waals surface area contributed by atoms with E-state index >= 15 is 0 Å². The number of aromatic amines is 1. The number of rotatable bonds is 4. The summed E-state index contributed by atoms with van der Waals surface area (Å²) in [4.78, 5) is 16.2. The van der Waals surface area contributed by atoms with Gasteiger partial charge in [0.15, 0.2) is 5.69 Å². The van der Waals surface area contributed by atoms with Crippen molar-refractivity contribution < 1.29 is 13.6 Å². The molecule has 0 spiro atoms. The van der Waals surface area contributed by atoms with Crippen LogP contribution in [0, 0.1) is 13.8 Å². The molecule has 3 aromatic rings. The van der Waals surface area contributed by atoms with Gasteiger partial charge in [-0.1, -0.05) is 0 Å². The molecule has 8 heteroatoms. The molecule has 0 radical (unpaired) electrons. The molecule has 0 bridgehead atoms. The Balaban J connectivity index is 1.74. The maximum atomic E-state index is 12.5. The first-order chi connectivity index (χ1) is 11.5. The van der Waals surface area contributed by atoms with Crippen molar-refractivity contribution in [1.82, 2.24) is 19.7 Å². The van der Waals surface area contributed by atoms with Crippen molar-refractivity contribution in [2.24, 2.45) is 0 Å². The summed E-state index contributed by atoms with van der Waals surface area (Å²) in [5.74, 6) is -0.555. The Hall–Kier alpha value is -3.03. The summed E-state index contributed by atoms with van der Waals surface area (Å²) < 4.78 is 26.9. The number of aryl methyl sites for hydroxylation is 1. The summed E-state index contributed by atoms with van der Waals surface area (Å²) in [5.41, 5.74) is 2.95. The number of nitrogens with one attached hydrogen (secondary N) is 2. The Bertz CT molecular complexity index is 867. The van der Waals surface area contributed by atoms with E-state index in [0.29, 0.717) is 5.69 Å². The van der Waals surface area contributed by atoms with Gasteiger partial charge in [-0.3, -0.25) is 9.89 Å². The van der Waals surface area contributed by atoms with Gasteiger partial charge in [-0.25, -0.2) is 13.8 Å². The van der Waals surface area contributed by atoms with Crippen LogP contribution in [0.2, 0.25) is 0 Å². The van der Waals surface area contributed by atoms with Gasteiger partial charge in [0, 0.05) is 17.1 Å². The first-order valence-electron chi connectivity index (χ1n) is 7.21. The second-order valence-corrected chi connectivity index (χ2v) is 5.30. The van der Waals surface area contributed by atoms with E-state index in [1.54, 1.807) is 18.5 Å². The van der Waals surface area contributed by atoms with E-state index in [1.807, 2.05) is 30.5 Å². The molecule has 1 aromatic carbocycles. The van der Waals surface area contributed by atoms with Crippen molar-refractivity contribution in [3.63, 3.8) is 0 Å². The molecule has 0 saturated heterocycles. The largest absolute Gasteiger partial charge is 0.321 e. The van der Waals surface area contributed by atoms with Crippen molar-refractivity contribution in [2.75, 3.05) is 5.32 Å². The van der Waals surface area contributed by atoms with Crippen LogP contribution in [0.3, 0.4) is 0 Å². The van der Waals surface area contributed by atoms with Crippen LogP contribution in [0.1, 0.15) is 34.0 Å². The Morgan fingerprint density at radius 2 is 1.96 bits per heavy atom. The summed E-state index contributed by atoms with van der Waals surface area (Å²) in [6, 6.07) is 8.15. The number of halogens is 2. The highest BCUT2D eigenvalue weighted by Crippen LogP contribution is 2.19. The predicted octanol–water partition coefficient (Wildman–Crippen LogP) is 3.40. The van der Waals surface area contributed by atoms with Gasteiger partial charge in [-0.15, -0.1) is 0 Å². The lowest BCUT2D eigenvalue weighted by atomic mass is 10.2. The third-order valence-corrected chi connectivity index (χ3v) is 3.72. The first-order valence-corrected chi connectivity index (χ1v) is 7.21. The topological polar surface area (TPSA) is 75.6 Å². The first kappa shape index (κ1) is 15.9. The third-order valence-electron chi connectivity index (χ3n) is 3.72. The van der Waals surface area contributed by atoms with Crippen LogP contribution in [0.4, 0.5) is 14.5 Å². The zero-order chi connectivity index (χ0) is 17.3. The fraction of sp³-hybridized carbons (Fsp3) is 0.188. The Kier molecular flexibility index (Phi) is 4.11. The van der Waals surface area contributed by atoms with Gasteiger partial charge in [0.25, 0.3) is 12.3 Å². The monoisotopic (exact) mass is 331 g/mol. The fourth-order valence-electron chi connectivity index (χ4n) is 2.22. The zero-order valence-corrected chi connectivity index (χ0v) is 13.0. The molecule has 2 heterocycles. The fourth-order valence-corrected chi connectivity index (χ4v) is 2.22. The lowest BCUT2D eigenvalue weighted by Gasteiger charge is -2.08. The smallest absolute Gasteiger partial charge is 0.279 e. The van der Waals surface area contributed by atoms with Crippen molar-refractivity contribution in [3.8, 4) is 5.69 Å². The normalized spacial score (nSPS) is 11.0. The highest BCUT2D eigenvalue weighted by Gasteiger charge is 2.15. The van der Waals surface area contributed by atoms with Gasteiger partial charge in [-0.2, -0.15) is 5.10 Å². The van der Waals surface area contributed by atoms with Crippen molar-refractivity contribution >= 4 is 11.6 Å². The highest BCUT2D eigenvalue weighted by atomic mass is 19.3. The second kappa shape index (κ2) is 6.23. The van der Waals surface area contributed by atoms with E-state index in [4.69, 9.17) is 0 Å². The standard InChI is InChI=1S/C16H15F2N5O/c1-9-10(2)23(8-19-9)12-5-3-11(4-6-12)20-16(24)14-7-13(15(17)18)21-22-14/h3-8,15H,1-2H3,(H,20,24)(H,21,22). The molecule has 24 heavy (non-hydrogen) atoms. The molecule has 6 nitrogen and oxygen atoms in total. The van der Waals surface area contributed by atoms with E-state index in [0.717, 1.165) is 23.1 Å². The zero-order valence-electron chi connectivity index (χ0n) is 13.0. The van der Waals surface area contributed by atoms with E-state index in [-0.39, 0.29) is 11.4 Å². The molecule has 0 aliphatic heterocycles. The molecule has 0 aliphatic rings. The van der Waals surface area contributed by atoms with E-state index < -0.39 is 12.3 Å². The van der Waals surface area contributed by atoms with Gasteiger partial charge in [0.1, 0.15) is 5.69 Å². The number of H-pyrrole nitrogens is 1. The number of carbonyl (C=O) groups is 1. The van der Waals surface area contributed by atoms with Crippen molar-refractivity contribution in [3.05, 3.63) is 59.4 Å².